The lowest BCUT2D eigenvalue weighted by atomic mass is 10.3. The smallest absolute Gasteiger partial charge is 0.281 e. The van der Waals surface area contributed by atoms with Crippen LogP contribution < -0.4 is 16.0 Å². The Kier molecular flexibility index (Phi) is 3.81. The van der Waals surface area contributed by atoms with Crippen molar-refractivity contribution in [3.63, 3.8) is 0 Å². The molecule has 0 radical (unpaired) electrons. The molecule has 1 heterocycles. The second-order valence-corrected chi connectivity index (χ2v) is 5.36. The Morgan fingerprint density at radius 2 is 1.80 bits per heavy atom. The summed E-state index contributed by atoms with van der Waals surface area (Å²) in [4.78, 5) is 3.68. The van der Waals surface area contributed by atoms with Gasteiger partial charge in [-0.1, -0.05) is 0 Å². The molecule has 2 aromatic rings. The Hall–Kier alpha value is -2.26. The number of benzene rings is 1. The Morgan fingerprint density at radius 3 is 2.40 bits per heavy atom. The van der Waals surface area contributed by atoms with E-state index >= 15 is 0 Å². The van der Waals surface area contributed by atoms with E-state index in [0.717, 1.165) is 12.1 Å². The maximum atomic E-state index is 13.0. The van der Waals surface area contributed by atoms with E-state index in [1.54, 1.807) is 0 Å². The summed E-state index contributed by atoms with van der Waals surface area (Å²) in [6.07, 6.45) is 1.25. The molecule has 9 heteroatoms. The minimum absolute atomic E-state index is 0.0527. The zero-order valence-electron chi connectivity index (χ0n) is 9.97. The molecule has 106 valence electrons. The number of halogens is 2. The molecule has 0 aliphatic carbocycles. The highest BCUT2D eigenvalue weighted by atomic mass is 32.2. The summed E-state index contributed by atoms with van der Waals surface area (Å²) in [7, 11) is -4.13. The number of pyridine rings is 1. The first-order chi connectivity index (χ1) is 9.42. The van der Waals surface area contributed by atoms with Crippen molar-refractivity contribution < 1.29 is 17.2 Å². The van der Waals surface area contributed by atoms with Crippen molar-refractivity contribution in [1.82, 2.24) is 4.98 Å². The molecule has 2 rings (SSSR count). The number of rotatable bonds is 4. The Bertz CT molecular complexity index is 717. The monoisotopic (exact) mass is 300 g/mol. The molecule has 0 fully saturated rings. The molecule has 0 spiro atoms. The zero-order chi connectivity index (χ0) is 14.8. The van der Waals surface area contributed by atoms with Crippen LogP contribution >= 0.6 is 0 Å². The van der Waals surface area contributed by atoms with Gasteiger partial charge in [0.1, 0.15) is 11.6 Å². The summed E-state index contributed by atoms with van der Waals surface area (Å²) >= 11 is 0. The van der Waals surface area contributed by atoms with Gasteiger partial charge >= 0.3 is 0 Å². The van der Waals surface area contributed by atoms with Crippen LogP contribution in [0.3, 0.4) is 0 Å². The van der Waals surface area contributed by atoms with E-state index in [0.29, 0.717) is 6.07 Å². The SMILES string of the molecule is NNc1cccnc1S(=O)(=O)Nc1cc(F)cc(F)c1. The maximum absolute atomic E-state index is 13.0. The predicted octanol–water partition coefficient (Wildman–Crippen LogP) is 1.45. The standard InChI is InChI=1S/C11H10F2N4O2S/c12-7-4-8(13)6-9(5-7)17-20(18,19)11-10(16-14)2-1-3-15-11/h1-6,16-17H,14H2. The van der Waals surface area contributed by atoms with E-state index in [4.69, 9.17) is 5.84 Å². The van der Waals surface area contributed by atoms with Gasteiger partial charge in [0.05, 0.1) is 11.4 Å². The summed E-state index contributed by atoms with van der Waals surface area (Å²) in [5, 5.41) is -0.382. The zero-order valence-corrected chi connectivity index (χ0v) is 10.8. The molecule has 1 aromatic carbocycles. The van der Waals surface area contributed by atoms with Crippen LogP contribution in [0, 0.1) is 11.6 Å². The number of anilines is 2. The first kappa shape index (κ1) is 14.2. The molecular formula is C11H10F2N4O2S. The fourth-order valence-corrected chi connectivity index (χ4v) is 2.67. The number of sulfonamides is 1. The van der Waals surface area contributed by atoms with Crippen molar-refractivity contribution in [2.24, 2.45) is 5.84 Å². The van der Waals surface area contributed by atoms with Crippen molar-refractivity contribution in [2.45, 2.75) is 5.03 Å². The van der Waals surface area contributed by atoms with E-state index in [1.165, 1.54) is 18.3 Å². The van der Waals surface area contributed by atoms with Crippen molar-refractivity contribution >= 4 is 21.4 Å². The molecule has 6 nitrogen and oxygen atoms in total. The molecule has 4 N–H and O–H groups in total. The average molecular weight is 300 g/mol. The van der Waals surface area contributed by atoms with Crippen molar-refractivity contribution in [1.29, 1.82) is 0 Å². The van der Waals surface area contributed by atoms with E-state index in [-0.39, 0.29) is 16.4 Å². The van der Waals surface area contributed by atoms with Crippen molar-refractivity contribution in [3.8, 4) is 0 Å². The molecule has 0 aliphatic heterocycles. The van der Waals surface area contributed by atoms with Crippen LogP contribution in [-0.2, 0) is 10.0 Å². The summed E-state index contributed by atoms with van der Waals surface area (Å²) < 4.78 is 52.3. The minimum atomic E-state index is -4.13. The topological polar surface area (TPSA) is 97.1 Å². The second-order valence-electron chi connectivity index (χ2n) is 3.76. The van der Waals surface area contributed by atoms with Crippen LogP contribution in [-0.4, -0.2) is 13.4 Å². The number of nitrogens with two attached hydrogens (primary N) is 1. The van der Waals surface area contributed by atoms with Crippen LogP contribution in [0.1, 0.15) is 0 Å². The number of aromatic nitrogens is 1. The highest BCUT2D eigenvalue weighted by Gasteiger charge is 2.20. The van der Waals surface area contributed by atoms with Gasteiger partial charge in [-0.05, 0) is 24.3 Å². The molecule has 0 bridgehead atoms. The van der Waals surface area contributed by atoms with Gasteiger partial charge in [-0.15, -0.1) is 0 Å². The first-order valence-corrected chi connectivity index (χ1v) is 6.81. The number of hydrogen-bond acceptors (Lipinski definition) is 5. The second kappa shape index (κ2) is 5.39. The number of nitrogens with one attached hydrogen (secondary N) is 2. The van der Waals surface area contributed by atoms with Gasteiger partial charge in [-0.2, -0.15) is 8.42 Å². The minimum Gasteiger partial charge on any atom is -0.321 e. The van der Waals surface area contributed by atoms with Gasteiger partial charge in [0.15, 0.2) is 0 Å². The number of hydrogen-bond donors (Lipinski definition) is 3. The van der Waals surface area contributed by atoms with Crippen LogP contribution in [0.5, 0.6) is 0 Å². The fourth-order valence-electron chi connectivity index (χ4n) is 1.53. The number of nitrogen functional groups attached to an aromatic ring is 1. The Morgan fingerprint density at radius 1 is 1.15 bits per heavy atom. The molecule has 0 amide bonds. The largest absolute Gasteiger partial charge is 0.321 e. The molecule has 0 unspecified atom stereocenters. The molecule has 1 aromatic heterocycles. The Balaban J connectivity index is 2.41. The van der Waals surface area contributed by atoms with Crippen molar-refractivity contribution in [2.75, 3.05) is 10.1 Å². The third-order valence-corrected chi connectivity index (χ3v) is 3.63. The van der Waals surface area contributed by atoms with E-state index in [1.807, 2.05) is 4.72 Å². The van der Waals surface area contributed by atoms with E-state index in [9.17, 15) is 17.2 Å². The van der Waals surface area contributed by atoms with E-state index in [2.05, 4.69) is 10.4 Å². The van der Waals surface area contributed by atoms with Gasteiger partial charge < -0.3 is 5.43 Å². The molecule has 0 aliphatic rings. The van der Waals surface area contributed by atoms with E-state index < -0.39 is 21.7 Å². The van der Waals surface area contributed by atoms with Gasteiger partial charge in [0.2, 0.25) is 5.03 Å². The predicted molar refractivity (Wildman–Crippen MR) is 69.2 cm³/mol. The highest BCUT2D eigenvalue weighted by Crippen LogP contribution is 2.21. The Labute approximate surface area is 113 Å². The molecule has 20 heavy (non-hydrogen) atoms. The van der Waals surface area contributed by atoms with Gasteiger partial charge in [0, 0.05) is 12.3 Å². The highest BCUT2D eigenvalue weighted by molar-refractivity contribution is 7.92. The average Bonchev–Trinajstić information content (AvgIpc) is 2.36. The normalized spacial score (nSPS) is 11.2. The van der Waals surface area contributed by atoms with Gasteiger partial charge in [-0.3, -0.25) is 10.6 Å². The van der Waals surface area contributed by atoms with Crippen LogP contribution in [0.4, 0.5) is 20.2 Å². The summed E-state index contributed by atoms with van der Waals surface area (Å²) in [5.41, 5.74) is 1.98. The third kappa shape index (κ3) is 3.00. The molecular weight excluding hydrogens is 290 g/mol. The summed E-state index contributed by atoms with van der Waals surface area (Å²) in [6, 6.07) is 5.20. The summed E-state index contributed by atoms with van der Waals surface area (Å²) in [6.45, 7) is 0. The lowest BCUT2D eigenvalue weighted by Gasteiger charge is -2.10. The lowest BCUT2D eigenvalue weighted by molar-refractivity contribution is 0.584. The van der Waals surface area contributed by atoms with Gasteiger partial charge in [0.25, 0.3) is 10.0 Å². The van der Waals surface area contributed by atoms with Crippen LogP contribution in [0.25, 0.3) is 0 Å². The van der Waals surface area contributed by atoms with Crippen LogP contribution in [0.2, 0.25) is 0 Å². The van der Waals surface area contributed by atoms with Crippen molar-refractivity contribution in [3.05, 3.63) is 48.2 Å². The first-order valence-electron chi connectivity index (χ1n) is 5.33. The molecule has 0 atom stereocenters. The summed E-state index contributed by atoms with van der Waals surface area (Å²) in [5.74, 6) is 3.38. The third-order valence-electron chi connectivity index (χ3n) is 2.30. The lowest BCUT2D eigenvalue weighted by Crippen LogP contribution is -2.19. The number of nitrogens with zero attached hydrogens (tertiary/aromatic N) is 1. The molecule has 0 saturated carbocycles. The maximum Gasteiger partial charge on any atom is 0.281 e. The fraction of sp³-hybridized carbons (Fsp3) is 0. The molecule has 0 saturated heterocycles. The number of hydrazine groups is 1. The van der Waals surface area contributed by atoms with Gasteiger partial charge in [-0.25, -0.2) is 13.8 Å². The van der Waals surface area contributed by atoms with Crippen LogP contribution in [0.15, 0.2) is 41.6 Å². The quantitative estimate of drug-likeness (QED) is 0.586.